The van der Waals surface area contributed by atoms with Crippen LogP contribution in [0.3, 0.4) is 0 Å². The van der Waals surface area contributed by atoms with Crippen LogP contribution in [0.5, 0.6) is 0 Å². The maximum atomic E-state index is 12.8. The van der Waals surface area contributed by atoms with Crippen LogP contribution in [0.2, 0.25) is 0 Å². The minimum Gasteiger partial charge on any atom is -0.364 e. The van der Waals surface area contributed by atoms with Crippen molar-refractivity contribution in [2.45, 2.75) is 31.2 Å². The van der Waals surface area contributed by atoms with E-state index in [1.165, 1.54) is 12.1 Å². The first kappa shape index (κ1) is 16.3. The minimum atomic E-state index is -4.49. The van der Waals surface area contributed by atoms with Crippen molar-refractivity contribution >= 4 is 27.5 Å². The van der Waals surface area contributed by atoms with E-state index in [1.807, 2.05) is 0 Å². The molecule has 2 rings (SSSR count). The van der Waals surface area contributed by atoms with Gasteiger partial charge in [-0.3, -0.25) is 4.79 Å². The Morgan fingerprint density at radius 1 is 1.43 bits per heavy atom. The second-order valence-electron chi connectivity index (χ2n) is 4.74. The van der Waals surface area contributed by atoms with E-state index in [9.17, 15) is 18.0 Å². The second-order valence-corrected chi connectivity index (χ2v) is 5.60. The van der Waals surface area contributed by atoms with Gasteiger partial charge in [0, 0.05) is 16.7 Å². The first-order chi connectivity index (χ1) is 9.81. The molecule has 0 spiro atoms. The molecular formula is C13H14BrF3N2O2. The lowest BCUT2D eigenvalue weighted by molar-refractivity contribution is -0.138. The summed E-state index contributed by atoms with van der Waals surface area (Å²) in [5.74, 6) is -0.457. The monoisotopic (exact) mass is 366 g/mol. The van der Waals surface area contributed by atoms with Crippen molar-refractivity contribution in [1.29, 1.82) is 0 Å². The highest BCUT2D eigenvalue weighted by Crippen LogP contribution is 2.36. The molecule has 3 N–H and O–H groups in total. The van der Waals surface area contributed by atoms with Crippen LogP contribution in [0.25, 0.3) is 0 Å². The van der Waals surface area contributed by atoms with Gasteiger partial charge in [0.25, 0.3) is 5.91 Å². The predicted molar refractivity (Wildman–Crippen MR) is 74.7 cm³/mol. The number of anilines is 1. The maximum Gasteiger partial charge on any atom is 0.417 e. The third-order valence-electron chi connectivity index (χ3n) is 3.20. The van der Waals surface area contributed by atoms with E-state index in [0.29, 0.717) is 19.4 Å². The molecule has 1 aliphatic rings. The van der Waals surface area contributed by atoms with Crippen molar-refractivity contribution in [2.24, 2.45) is 5.73 Å². The molecule has 4 nitrogen and oxygen atoms in total. The van der Waals surface area contributed by atoms with E-state index in [-0.39, 0.29) is 16.3 Å². The molecule has 1 heterocycles. The lowest BCUT2D eigenvalue weighted by atomic mass is 10.1. The van der Waals surface area contributed by atoms with Gasteiger partial charge in [0.05, 0.1) is 11.7 Å². The van der Waals surface area contributed by atoms with Crippen LogP contribution in [0.4, 0.5) is 18.9 Å². The summed E-state index contributed by atoms with van der Waals surface area (Å²) in [5, 5.41) is 2.44. The van der Waals surface area contributed by atoms with Gasteiger partial charge in [-0.15, -0.1) is 0 Å². The molecule has 1 fully saturated rings. The first-order valence-electron chi connectivity index (χ1n) is 6.34. The van der Waals surface area contributed by atoms with Gasteiger partial charge in [0.2, 0.25) is 0 Å². The number of hydrogen-bond donors (Lipinski definition) is 2. The first-order valence-corrected chi connectivity index (χ1v) is 7.13. The normalized spacial score (nSPS) is 22.3. The molecule has 1 aliphatic heterocycles. The van der Waals surface area contributed by atoms with Crippen molar-refractivity contribution in [3.8, 4) is 0 Å². The Labute approximate surface area is 128 Å². The number of rotatable bonds is 3. The molecule has 21 heavy (non-hydrogen) atoms. The summed E-state index contributed by atoms with van der Waals surface area (Å²) in [7, 11) is 0. The van der Waals surface area contributed by atoms with E-state index < -0.39 is 23.8 Å². The molecule has 0 aromatic heterocycles. The number of benzene rings is 1. The fraction of sp³-hybridized carbons (Fsp3) is 0.462. The highest BCUT2D eigenvalue weighted by Gasteiger charge is 2.34. The Morgan fingerprint density at radius 3 is 2.71 bits per heavy atom. The van der Waals surface area contributed by atoms with Crippen molar-refractivity contribution in [3.63, 3.8) is 0 Å². The molecule has 2 atom stereocenters. The van der Waals surface area contributed by atoms with Crippen LogP contribution < -0.4 is 11.1 Å². The predicted octanol–water partition coefficient (Wildman–Crippen LogP) is 2.91. The van der Waals surface area contributed by atoms with Crippen molar-refractivity contribution < 1.29 is 22.7 Å². The quantitative estimate of drug-likeness (QED) is 0.864. The number of nitrogens with one attached hydrogen (secondary N) is 1. The van der Waals surface area contributed by atoms with E-state index in [0.717, 1.165) is 6.07 Å². The Bertz CT molecular complexity index is 537. The van der Waals surface area contributed by atoms with Crippen molar-refractivity contribution in [3.05, 3.63) is 28.2 Å². The SMILES string of the molecule is NC[C@H]1CC[C@@H](C(=O)Nc2ccc(Br)c(C(F)(F)F)c2)O1. The molecule has 116 valence electrons. The number of carbonyl (C=O) groups is 1. The fourth-order valence-electron chi connectivity index (χ4n) is 2.11. The van der Waals surface area contributed by atoms with Gasteiger partial charge in [-0.05, 0) is 31.0 Å². The number of carbonyl (C=O) groups excluding carboxylic acids is 1. The largest absolute Gasteiger partial charge is 0.417 e. The molecule has 1 aromatic rings. The van der Waals surface area contributed by atoms with Crippen molar-refractivity contribution in [2.75, 3.05) is 11.9 Å². The lowest BCUT2D eigenvalue weighted by Gasteiger charge is -2.15. The molecule has 0 aliphatic carbocycles. The highest BCUT2D eigenvalue weighted by atomic mass is 79.9. The maximum absolute atomic E-state index is 12.8. The Hall–Kier alpha value is -1.12. The van der Waals surface area contributed by atoms with Gasteiger partial charge in [-0.25, -0.2) is 0 Å². The zero-order valence-corrected chi connectivity index (χ0v) is 12.5. The number of alkyl halides is 3. The van der Waals surface area contributed by atoms with Gasteiger partial charge in [0.15, 0.2) is 0 Å². The molecular weight excluding hydrogens is 353 g/mol. The van der Waals surface area contributed by atoms with Gasteiger partial charge >= 0.3 is 6.18 Å². The van der Waals surface area contributed by atoms with Crippen LogP contribution in [0.1, 0.15) is 18.4 Å². The Kier molecular flexibility index (Phi) is 4.90. The van der Waals surface area contributed by atoms with E-state index in [1.54, 1.807) is 0 Å². The molecule has 1 saturated heterocycles. The average Bonchev–Trinajstić information content (AvgIpc) is 2.88. The van der Waals surface area contributed by atoms with Gasteiger partial charge in [0.1, 0.15) is 6.10 Å². The van der Waals surface area contributed by atoms with Gasteiger partial charge < -0.3 is 15.8 Å². The summed E-state index contributed by atoms with van der Waals surface area (Å²) >= 11 is 2.84. The lowest BCUT2D eigenvalue weighted by Crippen LogP contribution is -2.29. The third kappa shape index (κ3) is 3.96. The van der Waals surface area contributed by atoms with E-state index >= 15 is 0 Å². The Balaban J connectivity index is 2.08. The summed E-state index contributed by atoms with van der Waals surface area (Å²) in [5.41, 5.74) is 4.68. The molecule has 0 bridgehead atoms. The van der Waals surface area contributed by atoms with Crippen LogP contribution >= 0.6 is 15.9 Å². The summed E-state index contributed by atoms with van der Waals surface area (Å²) in [6.45, 7) is 0.320. The van der Waals surface area contributed by atoms with Crippen LogP contribution in [-0.4, -0.2) is 24.7 Å². The van der Waals surface area contributed by atoms with E-state index in [2.05, 4.69) is 21.2 Å². The molecule has 0 unspecified atom stereocenters. The number of nitrogens with two attached hydrogens (primary N) is 1. The number of halogens is 4. The third-order valence-corrected chi connectivity index (χ3v) is 3.89. The van der Waals surface area contributed by atoms with Gasteiger partial charge in [-0.1, -0.05) is 15.9 Å². The van der Waals surface area contributed by atoms with Crippen LogP contribution in [-0.2, 0) is 15.7 Å². The summed E-state index contributed by atoms with van der Waals surface area (Å²) in [6, 6.07) is 3.53. The molecule has 0 saturated carbocycles. The number of amides is 1. The Morgan fingerprint density at radius 2 is 2.14 bits per heavy atom. The van der Waals surface area contributed by atoms with Crippen LogP contribution in [0.15, 0.2) is 22.7 Å². The molecule has 8 heteroatoms. The van der Waals surface area contributed by atoms with Gasteiger partial charge in [-0.2, -0.15) is 13.2 Å². The zero-order chi connectivity index (χ0) is 15.6. The fourth-order valence-corrected chi connectivity index (χ4v) is 2.59. The van der Waals surface area contributed by atoms with E-state index in [4.69, 9.17) is 10.5 Å². The number of hydrogen-bond acceptors (Lipinski definition) is 3. The average molecular weight is 367 g/mol. The second kappa shape index (κ2) is 6.33. The standard InChI is InChI=1S/C13H14BrF3N2O2/c14-10-3-1-7(5-9(10)13(15,16)17)19-12(20)11-4-2-8(6-18)21-11/h1,3,5,8,11H,2,4,6,18H2,(H,19,20)/t8-,11+/m1/s1. The summed E-state index contributed by atoms with van der Waals surface area (Å²) < 4.78 is 43.7. The highest BCUT2D eigenvalue weighted by molar-refractivity contribution is 9.10. The molecule has 1 amide bonds. The zero-order valence-electron chi connectivity index (χ0n) is 10.9. The van der Waals surface area contributed by atoms with Crippen LogP contribution in [0, 0.1) is 0 Å². The smallest absolute Gasteiger partial charge is 0.364 e. The molecule has 0 radical (unpaired) electrons. The topological polar surface area (TPSA) is 64.4 Å². The summed E-state index contributed by atoms with van der Waals surface area (Å²) in [4.78, 5) is 12.0. The number of ether oxygens (including phenoxy) is 1. The van der Waals surface area contributed by atoms with Crippen molar-refractivity contribution in [1.82, 2.24) is 0 Å². The summed E-state index contributed by atoms with van der Waals surface area (Å²) in [6.07, 6.45) is -4.15. The molecule has 1 aromatic carbocycles. The minimum absolute atomic E-state index is 0.0756.